The van der Waals surface area contributed by atoms with E-state index in [4.69, 9.17) is 0 Å². The molecule has 154 valence electrons. The Morgan fingerprint density at radius 1 is 1.26 bits per heavy atom. The van der Waals surface area contributed by atoms with Gasteiger partial charge in [-0.3, -0.25) is 9.20 Å². The fraction of sp³-hybridized carbons (Fsp3) is 0.611. The van der Waals surface area contributed by atoms with Crippen LogP contribution in [0.5, 0.6) is 0 Å². The number of benzene rings is 1. The van der Waals surface area contributed by atoms with Gasteiger partial charge in [0.15, 0.2) is 15.8 Å². The van der Waals surface area contributed by atoms with E-state index in [1.807, 2.05) is 6.92 Å². The van der Waals surface area contributed by atoms with Crippen molar-refractivity contribution < 1.29 is 12.6 Å². The molecule has 6 nitrogen and oxygen atoms in total. The molecule has 27 heavy (non-hydrogen) atoms. The van der Waals surface area contributed by atoms with Gasteiger partial charge in [0.1, 0.15) is 0 Å². The standard InChI is InChI=1S/C18H29N3O3S2.HI/c1-4-25(22)16-7-5-6-15(12-16)21-18(19-2)20-13-14-8-10-17(11-9-14)26(3,23)24;/h8-11,15-16H,4-7,12-13H2,1-3H3,(H2,19,20,21);1H. The Labute approximate surface area is 182 Å². The van der Waals surface area contributed by atoms with Crippen LogP contribution < -0.4 is 10.6 Å². The summed E-state index contributed by atoms with van der Waals surface area (Å²) in [6, 6.07) is 7.13. The van der Waals surface area contributed by atoms with Crippen LogP contribution in [0.2, 0.25) is 0 Å². The fourth-order valence-corrected chi connectivity index (χ4v) is 5.16. The quantitative estimate of drug-likeness (QED) is 0.337. The molecule has 0 amide bonds. The van der Waals surface area contributed by atoms with Gasteiger partial charge in [0.05, 0.1) is 4.90 Å². The molecule has 1 fully saturated rings. The van der Waals surface area contributed by atoms with E-state index in [0.29, 0.717) is 23.2 Å². The average Bonchev–Trinajstić information content (AvgIpc) is 2.64. The molecule has 0 heterocycles. The van der Waals surface area contributed by atoms with Crippen LogP contribution >= 0.6 is 24.0 Å². The fourth-order valence-electron chi connectivity index (χ4n) is 3.18. The zero-order valence-electron chi connectivity index (χ0n) is 16.1. The van der Waals surface area contributed by atoms with Crippen molar-refractivity contribution in [1.82, 2.24) is 10.6 Å². The van der Waals surface area contributed by atoms with E-state index in [-0.39, 0.29) is 35.3 Å². The van der Waals surface area contributed by atoms with Crippen molar-refractivity contribution >= 4 is 50.6 Å². The smallest absolute Gasteiger partial charge is 0.191 e. The summed E-state index contributed by atoms with van der Waals surface area (Å²) in [5, 5.41) is 6.96. The molecule has 9 heteroatoms. The van der Waals surface area contributed by atoms with Gasteiger partial charge in [-0.15, -0.1) is 24.0 Å². The van der Waals surface area contributed by atoms with E-state index in [0.717, 1.165) is 31.2 Å². The van der Waals surface area contributed by atoms with Gasteiger partial charge >= 0.3 is 0 Å². The summed E-state index contributed by atoms with van der Waals surface area (Å²) in [6.07, 6.45) is 5.29. The molecule has 0 radical (unpaired) electrons. The van der Waals surface area contributed by atoms with Crippen molar-refractivity contribution in [1.29, 1.82) is 0 Å². The third-order valence-electron chi connectivity index (χ3n) is 4.66. The molecule has 1 aliphatic carbocycles. The van der Waals surface area contributed by atoms with Crippen molar-refractivity contribution in [2.45, 2.75) is 55.3 Å². The molecule has 0 spiro atoms. The molecule has 1 aromatic rings. The van der Waals surface area contributed by atoms with Crippen molar-refractivity contribution in [3.05, 3.63) is 29.8 Å². The molecule has 2 N–H and O–H groups in total. The first-order valence-electron chi connectivity index (χ1n) is 8.96. The molecule has 1 aromatic carbocycles. The Kier molecular flexibility index (Phi) is 10.2. The summed E-state index contributed by atoms with van der Waals surface area (Å²) in [4.78, 5) is 4.59. The Morgan fingerprint density at radius 3 is 2.48 bits per heavy atom. The minimum atomic E-state index is -3.17. The van der Waals surface area contributed by atoms with Crippen LogP contribution in [0.15, 0.2) is 34.2 Å². The monoisotopic (exact) mass is 527 g/mol. The van der Waals surface area contributed by atoms with Gasteiger partial charge in [0, 0.05) is 47.7 Å². The molecule has 0 aromatic heterocycles. The topological polar surface area (TPSA) is 87.6 Å². The van der Waals surface area contributed by atoms with Crippen molar-refractivity contribution in [2.75, 3.05) is 19.1 Å². The molecular formula is C18H30IN3O3S2. The lowest BCUT2D eigenvalue weighted by atomic mass is 9.95. The predicted octanol–water partition coefficient (Wildman–Crippen LogP) is 2.45. The van der Waals surface area contributed by atoms with E-state index in [2.05, 4.69) is 15.6 Å². The van der Waals surface area contributed by atoms with Crippen molar-refractivity contribution in [3.63, 3.8) is 0 Å². The molecule has 2 rings (SSSR count). The summed E-state index contributed by atoms with van der Waals surface area (Å²) >= 11 is 0. The van der Waals surface area contributed by atoms with Gasteiger partial charge in [-0.1, -0.05) is 25.5 Å². The number of halogens is 1. The van der Waals surface area contributed by atoms with Crippen LogP contribution in [0.4, 0.5) is 0 Å². The summed E-state index contributed by atoms with van der Waals surface area (Å²) in [7, 11) is -2.19. The highest BCUT2D eigenvalue weighted by molar-refractivity contribution is 14.0. The Hall–Kier alpha value is -0.680. The third kappa shape index (κ3) is 7.69. The number of aliphatic imine (C=N–C) groups is 1. The number of nitrogens with zero attached hydrogens (tertiary/aromatic N) is 1. The molecule has 0 saturated heterocycles. The van der Waals surface area contributed by atoms with Crippen LogP contribution in [-0.2, 0) is 27.2 Å². The van der Waals surface area contributed by atoms with Crippen LogP contribution in [0.1, 0.15) is 38.2 Å². The number of hydrogen-bond donors (Lipinski definition) is 2. The normalized spacial score (nSPS) is 21.8. The first-order chi connectivity index (χ1) is 12.3. The second-order valence-corrected chi connectivity index (χ2v) is 10.7. The average molecular weight is 527 g/mol. The van der Waals surface area contributed by atoms with Gasteiger partial charge in [-0.05, 0) is 37.0 Å². The second-order valence-electron chi connectivity index (χ2n) is 6.64. The number of nitrogens with one attached hydrogen (secondary N) is 2. The molecule has 3 atom stereocenters. The van der Waals surface area contributed by atoms with E-state index in [9.17, 15) is 12.6 Å². The first-order valence-corrected chi connectivity index (χ1v) is 12.2. The highest BCUT2D eigenvalue weighted by Gasteiger charge is 2.26. The zero-order valence-corrected chi connectivity index (χ0v) is 20.1. The van der Waals surface area contributed by atoms with Crippen LogP contribution in [0, 0.1) is 0 Å². The molecular weight excluding hydrogens is 497 g/mol. The highest BCUT2D eigenvalue weighted by Crippen LogP contribution is 2.23. The van der Waals surface area contributed by atoms with Gasteiger partial charge in [-0.2, -0.15) is 0 Å². The maximum atomic E-state index is 12.1. The van der Waals surface area contributed by atoms with Crippen LogP contribution in [0.25, 0.3) is 0 Å². The molecule has 0 bridgehead atoms. The molecule has 1 saturated carbocycles. The lowest BCUT2D eigenvalue weighted by Crippen LogP contribution is -2.46. The highest BCUT2D eigenvalue weighted by atomic mass is 127. The SMILES string of the molecule is CCS(=O)C1CCCC(NC(=NC)NCc2ccc(S(C)(=O)=O)cc2)C1.I. The summed E-state index contributed by atoms with van der Waals surface area (Å²) in [5.74, 6) is 1.43. The third-order valence-corrected chi connectivity index (χ3v) is 7.53. The van der Waals surface area contributed by atoms with Crippen LogP contribution in [0.3, 0.4) is 0 Å². The largest absolute Gasteiger partial charge is 0.354 e. The lowest BCUT2D eigenvalue weighted by Gasteiger charge is -2.30. The maximum Gasteiger partial charge on any atom is 0.191 e. The first kappa shape index (κ1) is 24.4. The van der Waals surface area contributed by atoms with Gasteiger partial charge in [-0.25, -0.2) is 8.42 Å². The van der Waals surface area contributed by atoms with E-state index < -0.39 is 20.6 Å². The number of rotatable bonds is 6. The summed E-state index contributed by atoms with van der Waals surface area (Å²) < 4.78 is 35.1. The van der Waals surface area contributed by atoms with Crippen LogP contribution in [-0.4, -0.2) is 48.9 Å². The van der Waals surface area contributed by atoms with Gasteiger partial charge in [0.2, 0.25) is 0 Å². The Morgan fingerprint density at radius 2 is 1.93 bits per heavy atom. The minimum Gasteiger partial charge on any atom is -0.354 e. The molecule has 1 aliphatic rings. The number of sulfone groups is 1. The number of hydrogen-bond acceptors (Lipinski definition) is 4. The summed E-state index contributed by atoms with van der Waals surface area (Å²) in [5.41, 5.74) is 0.981. The summed E-state index contributed by atoms with van der Waals surface area (Å²) in [6.45, 7) is 2.53. The van der Waals surface area contributed by atoms with Crippen molar-refractivity contribution in [2.24, 2.45) is 4.99 Å². The van der Waals surface area contributed by atoms with E-state index in [1.54, 1.807) is 31.3 Å². The lowest BCUT2D eigenvalue weighted by molar-refractivity contribution is 0.413. The maximum absolute atomic E-state index is 12.1. The Bertz CT molecular complexity index is 752. The number of guanidine groups is 1. The Balaban J connectivity index is 0.00000364. The van der Waals surface area contributed by atoms with Gasteiger partial charge < -0.3 is 10.6 Å². The van der Waals surface area contributed by atoms with Gasteiger partial charge in [0.25, 0.3) is 0 Å². The zero-order chi connectivity index (χ0) is 19.2. The van der Waals surface area contributed by atoms with E-state index in [1.165, 1.54) is 6.26 Å². The second kappa shape index (κ2) is 11.4. The molecule has 0 aliphatic heterocycles. The molecule has 3 unspecified atom stereocenters. The van der Waals surface area contributed by atoms with Crippen molar-refractivity contribution in [3.8, 4) is 0 Å². The van der Waals surface area contributed by atoms with E-state index >= 15 is 0 Å². The predicted molar refractivity (Wildman–Crippen MR) is 123 cm³/mol. The minimum absolute atomic E-state index is 0.